The third-order valence-corrected chi connectivity index (χ3v) is 3.55. The second-order valence-corrected chi connectivity index (χ2v) is 5.50. The minimum absolute atomic E-state index is 0.325. The summed E-state index contributed by atoms with van der Waals surface area (Å²) in [6.45, 7) is -0.611. The molecule has 1 unspecified atom stereocenters. The zero-order valence-electron chi connectivity index (χ0n) is 10.5. The molecule has 0 bridgehead atoms. The van der Waals surface area contributed by atoms with Crippen LogP contribution in [0.4, 0.5) is 0 Å². The predicted molar refractivity (Wildman–Crippen MR) is 76.3 cm³/mol. The first-order valence-electron chi connectivity index (χ1n) is 5.76. The second-order valence-electron chi connectivity index (χ2n) is 4.13. The van der Waals surface area contributed by atoms with E-state index in [1.54, 1.807) is 30.1 Å². The molecule has 1 atom stereocenters. The molecule has 0 saturated carbocycles. The van der Waals surface area contributed by atoms with E-state index in [2.05, 4.69) is 4.98 Å². The summed E-state index contributed by atoms with van der Waals surface area (Å²) in [6, 6.07) is 3.45. The zero-order chi connectivity index (χ0) is 14.3. The lowest BCUT2D eigenvalue weighted by molar-refractivity contribution is -0.467. The first-order chi connectivity index (χ1) is 9.02. The molecule has 0 N–H and O–H groups in total. The number of hydrogen-bond donors (Lipinski definition) is 0. The highest BCUT2D eigenvalue weighted by Crippen LogP contribution is 2.17. The molecule has 1 rings (SSSR count). The topological polar surface area (TPSA) is 73.1 Å². The highest BCUT2D eigenvalue weighted by Gasteiger charge is 2.22. The fraction of sp³-hybridized carbons (Fsp3) is 0.500. The van der Waals surface area contributed by atoms with Gasteiger partial charge in [0.05, 0.1) is 0 Å². The van der Waals surface area contributed by atoms with Crippen molar-refractivity contribution in [2.75, 3.05) is 18.6 Å². The largest absolute Gasteiger partial charge is 0.292 e. The predicted octanol–water partition coefficient (Wildman–Crippen LogP) is 2.49. The molecule has 7 heteroatoms. The summed E-state index contributed by atoms with van der Waals surface area (Å²) >= 11 is 7.31. The Kier molecular flexibility index (Phi) is 6.80. The van der Waals surface area contributed by atoms with Crippen LogP contribution in [-0.2, 0) is 11.2 Å². The van der Waals surface area contributed by atoms with Crippen LogP contribution >= 0.6 is 23.4 Å². The Morgan fingerprint density at radius 3 is 2.84 bits per heavy atom. The van der Waals surface area contributed by atoms with Gasteiger partial charge < -0.3 is 0 Å². The van der Waals surface area contributed by atoms with E-state index in [1.807, 2.05) is 6.26 Å². The number of hydrogen-bond acceptors (Lipinski definition) is 5. The van der Waals surface area contributed by atoms with Crippen molar-refractivity contribution in [1.82, 2.24) is 4.98 Å². The molecule has 0 aliphatic heterocycles. The molecule has 0 fully saturated rings. The van der Waals surface area contributed by atoms with E-state index in [0.717, 1.165) is 11.3 Å². The first kappa shape index (κ1) is 15.9. The maximum atomic E-state index is 11.8. The summed E-state index contributed by atoms with van der Waals surface area (Å²) < 4.78 is 0. The molecule has 0 aliphatic carbocycles. The van der Waals surface area contributed by atoms with Crippen LogP contribution in [0.5, 0.6) is 0 Å². The van der Waals surface area contributed by atoms with Crippen molar-refractivity contribution in [3.05, 3.63) is 39.2 Å². The third-order valence-electron chi connectivity index (χ3n) is 2.68. The van der Waals surface area contributed by atoms with E-state index >= 15 is 0 Å². The van der Waals surface area contributed by atoms with Gasteiger partial charge in [-0.1, -0.05) is 17.7 Å². The fourth-order valence-electron chi connectivity index (χ4n) is 1.71. The number of nitrogens with zero attached hydrogens (tertiary/aromatic N) is 2. The molecule has 1 aromatic rings. The van der Waals surface area contributed by atoms with Crippen molar-refractivity contribution < 1.29 is 9.72 Å². The van der Waals surface area contributed by atoms with Gasteiger partial charge in [-0.25, -0.2) is 4.98 Å². The molecule has 0 spiro atoms. The Balaban J connectivity index is 2.70. The molecule has 0 aliphatic rings. The van der Waals surface area contributed by atoms with Crippen LogP contribution < -0.4 is 0 Å². The molecule has 5 nitrogen and oxygen atoms in total. The number of carbonyl (C=O) groups excluding carboxylic acids is 1. The number of ketones is 1. The Labute approximate surface area is 120 Å². The molecule has 0 amide bonds. The number of carbonyl (C=O) groups is 1. The fourth-order valence-corrected chi connectivity index (χ4v) is 2.34. The number of thioether (sulfide) groups is 1. The Morgan fingerprint density at radius 2 is 2.32 bits per heavy atom. The van der Waals surface area contributed by atoms with Crippen LogP contribution in [0.1, 0.15) is 12.0 Å². The minimum Gasteiger partial charge on any atom is -0.292 e. The van der Waals surface area contributed by atoms with E-state index in [9.17, 15) is 14.9 Å². The van der Waals surface area contributed by atoms with Crippen molar-refractivity contribution in [2.24, 2.45) is 5.92 Å². The van der Waals surface area contributed by atoms with Gasteiger partial charge in [0, 0.05) is 17.0 Å². The Bertz CT molecular complexity index is 439. The van der Waals surface area contributed by atoms with Gasteiger partial charge in [0.1, 0.15) is 5.15 Å². The lowest BCUT2D eigenvalue weighted by Crippen LogP contribution is -2.25. The highest BCUT2D eigenvalue weighted by atomic mass is 35.5. The number of halogens is 1. The summed E-state index contributed by atoms with van der Waals surface area (Å²) in [5.41, 5.74) is 0.868. The van der Waals surface area contributed by atoms with Gasteiger partial charge in [-0.15, -0.1) is 0 Å². The Hall–Kier alpha value is -1.14. The molecular formula is C12H15ClN2O3S. The lowest BCUT2D eigenvalue weighted by atomic mass is 9.93. The molecule has 0 radical (unpaired) electrons. The average Bonchev–Trinajstić information content (AvgIpc) is 2.35. The van der Waals surface area contributed by atoms with Crippen molar-refractivity contribution >= 4 is 29.1 Å². The smallest absolute Gasteiger partial charge is 0.261 e. The molecular weight excluding hydrogens is 288 g/mol. The normalized spacial score (nSPS) is 12.1. The second kappa shape index (κ2) is 8.12. The number of rotatable bonds is 8. The molecule has 19 heavy (non-hydrogen) atoms. The minimum atomic E-state index is -0.611. The van der Waals surface area contributed by atoms with Gasteiger partial charge in [0.2, 0.25) is 5.78 Å². The Morgan fingerprint density at radius 1 is 1.58 bits per heavy atom. The molecule has 1 aromatic heterocycles. The number of Topliss-reactive ketones (excluding diaryl/α,β-unsaturated/α-hetero) is 1. The molecule has 104 valence electrons. The van der Waals surface area contributed by atoms with Gasteiger partial charge in [-0.3, -0.25) is 14.9 Å². The summed E-state index contributed by atoms with van der Waals surface area (Å²) in [4.78, 5) is 25.6. The molecule has 0 aromatic carbocycles. The van der Waals surface area contributed by atoms with Gasteiger partial charge >= 0.3 is 0 Å². The van der Waals surface area contributed by atoms with E-state index in [0.29, 0.717) is 18.0 Å². The van der Waals surface area contributed by atoms with E-state index in [1.165, 1.54) is 0 Å². The highest BCUT2D eigenvalue weighted by molar-refractivity contribution is 7.98. The molecule has 1 heterocycles. The third kappa shape index (κ3) is 6.02. The number of nitro groups is 1. The average molecular weight is 303 g/mol. The lowest BCUT2D eigenvalue weighted by Gasteiger charge is -2.13. The van der Waals surface area contributed by atoms with Crippen molar-refractivity contribution in [1.29, 1.82) is 0 Å². The van der Waals surface area contributed by atoms with Crippen molar-refractivity contribution in [3.63, 3.8) is 0 Å². The van der Waals surface area contributed by atoms with Crippen LogP contribution in [0.25, 0.3) is 0 Å². The number of aromatic nitrogens is 1. The maximum absolute atomic E-state index is 11.8. The van der Waals surface area contributed by atoms with Gasteiger partial charge in [0.25, 0.3) is 6.54 Å². The van der Waals surface area contributed by atoms with E-state index in [-0.39, 0.29) is 11.7 Å². The molecule has 0 saturated heterocycles. The summed E-state index contributed by atoms with van der Waals surface area (Å²) in [5, 5.41) is 10.8. The quantitative estimate of drug-likeness (QED) is 0.419. The summed E-state index contributed by atoms with van der Waals surface area (Å²) in [6.07, 6.45) is 4.65. The SMILES string of the molecule is CSCCC(Cc1ccc(Cl)nc1)C(=O)C[N+](=O)[O-]. The standard InChI is InChI=1S/C12H15ClN2O3S/c1-19-5-4-10(11(16)8-15(17)18)6-9-2-3-12(13)14-7-9/h2-3,7,10H,4-6,8H2,1H3. The van der Waals surface area contributed by atoms with E-state index in [4.69, 9.17) is 11.6 Å². The number of pyridine rings is 1. The van der Waals surface area contributed by atoms with Gasteiger partial charge in [-0.05, 0) is 36.5 Å². The maximum Gasteiger partial charge on any atom is 0.261 e. The van der Waals surface area contributed by atoms with Crippen molar-refractivity contribution in [2.45, 2.75) is 12.8 Å². The zero-order valence-corrected chi connectivity index (χ0v) is 12.1. The van der Waals surface area contributed by atoms with Gasteiger partial charge in [0.15, 0.2) is 0 Å². The summed E-state index contributed by atoms with van der Waals surface area (Å²) in [5.74, 6) is 0.143. The van der Waals surface area contributed by atoms with Crippen LogP contribution in [0.2, 0.25) is 5.15 Å². The monoisotopic (exact) mass is 302 g/mol. The van der Waals surface area contributed by atoms with Crippen LogP contribution in [0.3, 0.4) is 0 Å². The first-order valence-corrected chi connectivity index (χ1v) is 7.54. The van der Waals surface area contributed by atoms with E-state index < -0.39 is 11.5 Å². The van der Waals surface area contributed by atoms with Crippen molar-refractivity contribution in [3.8, 4) is 0 Å². The van der Waals surface area contributed by atoms with Gasteiger partial charge in [-0.2, -0.15) is 11.8 Å². The van der Waals surface area contributed by atoms with Crippen LogP contribution in [0.15, 0.2) is 18.3 Å². The van der Waals surface area contributed by atoms with Crippen LogP contribution in [-0.4, -0.2) is 34.2 Å². The van der Waals surface area contributed by atoms with Crippen LogP contribution in [0, 0.1) is 16.0 Å². The summed E-state index contributed by atoms with van der Waals surface area (Å²) in [7, 11) is 0.